The van der Waals surface area contributed by atoms with E-state index in [0.717, 1.165) is 25.7 Å². The zero-order valence-electron chi connectivity index (χ0n) is 10.7. The lowest BCUT2D eigenvalue weighted by atomic mass is 9.96. The first kappa shape index (κ1) is 15.0. The summed E-state index contributed by atoms with van der Waals surface area (Å²) in [6.45, 7) is -0.235. The van der Waals surface area contributed by atoms with Crippen LogP contribution < -0.4 is 5.32 Å². The van der Waals surface area contributed by atoms with Crippen LogP contribution in [0.5, 0.6) is 0 Å². The Kier molecular flexibility index (Phi) is 6.72. The van der Waals surface area contributed by atoms with Gasteiger partial charge in [-0.2, -0.15) is 0 Å². The predicted molar refractivity (Wildman–Crippen MR) is 67.1 cm³/mol. The lowest BCUT2D eigenvalue weighted by Gasteiger charge is -2.17. The average Bonchev–Trinajstić information content (AvgIpc) is 2.57. The first-order valence-corrected chi connectivity index (χ1v) is 6.76. The van der Waals surface area contributed by atoms with E-state index in [1.165, 1.54) is 12.8 Å². The molecule has 104 valence electrons. The molecule has 0 aliphatic heterocycles. The summed E-state index contributed by atoms with van der Waals surface area (Å²) in [5.41, 5.74) is 0. The van der Waals surface area contributed by atoms with Crippen LogP contribution in [-0.2, 0) is 9.59 Å². The van der Waals surface area contributed by atoms with E-state index in [2.05, 4.69) is 5.32 Å². The molecule has 3 N–H and O–H groups in total. The number of hydrogen-bond donors (Lipinski definition) is 3. The Morgan fingerprint density at radius 2 is 1.78 bits per heavy atom. The highest BCUT2D eigenvalue weighted by Gasteiger charge is 2.21. The number of amides is 1. The topological polar surface area (TPSA) is 86.6 Å². The first-order valence-electron chi connectivity index (χ1n) is 6.76. The van der Waals surface area contributed by atoms with Crippen molar-refractivity contribution in [3.05, 3.63) is 0 Å². The van der Waals surface area contributed by atoms with E-state index in [-0.39, 0.29) is 18.9 Å². The highest BCUT2D eigenvalue weighted by atomic mass is 16.4. The highest BCUT2D eigenvalue weighted by Crippen LogP contribution is 2.25. The summed E-state index contributed by atoms with van der Waals surface area (Å²) in [6, 6.07) is -0.965. The quantitative estimate of drug-likeness (QED) is 0.626. The lowest BCUT2D eigenvalue weighted by Crippen LogP contribution is -2.41. The van der Waals surface area contributed by atoms with Crippen LogP contribution in [0.25, 0.3) is 0 Å². The summed E-state index contributed by atoms with van der Waals surface area (Å²) >= 11 is 0. The number of carboxylic acid groups (broad SMARTS) is 1. The van der Waals surface area contributed by atoms with E-state index in [0.29, 0.717) is 12.3 Å². The Labute approximate surface area is 108 Å². The van der Waals surface area contributed by atoms with Crippen molar-refractivity contribution in [2.45, 2.75) is 57.4 Å². The zero-order valence-corrected chi connectivity index (χ0v) is 10.7. The Morgan fingerprint density at radius 3 is 2.28 bits per heavy atom. The highest BCUT2D eigenvalue weighted by molar-refractivity contribution is 5.83. The van der Waals surface area contributed by atoms with Crippen molar-refractivity contribution in [1.82, 2.24) is 5.32 Å². The van der Waals surface area contributed by atoms with Crippen LogP contribution in [-0.4, -0.2) is 34.7 Å². The van der Waals surface area contributed by atoms with Crippen molar-refractivity contribution >= 4 is 11.9 Å². The molecule has 0 heterocycles. The molecule has 0 spiro atoms. The lowest BCUT2D eigenvalue weighted by molar-refractivity contribution is -0.142. The minimum Gasteiger partial charge on any atom is -0.480 e. The van der Waals surface area contributed by atoms with Gasteiger partial charge in [-0.25, -0.2) is 4.79 Å². The molecule has 0 bridgehead atoms. The number of carbonyl (C=O) groups is 2. The number of aliphatic carboxylic acids is 1. The summed E-state index contributed by atoms with van der Waals surface area (Å²) in [5, 5.41) is 20.1. The van der Waals surface area contributed by atoms with Crippen molar-refractivity contribution in [3.63, 3.8) is 0 Å². The van der Waals surface area contributed by atoms with E-state index in [4.69, 9.17) is 10.2 Å². The van der Waals surface area contributed by atoms with Crippen molar-refractivity contribution in [2.75, 3.05) is 6.61 Å². The predicted octanol–water partition coefficient (Wildman–Crippen LogP) is 1.30. The van der Waals surface area contributed by atoms with Gasteiger partial charge >= 0.3 is 5.97 Å². The molecule has 18 heavy (non-hydrogen) atoms. The maximum atomic E-state index is 11.8. The van der Waals surface area contributed by atoms with Gasteiger partial charge in [-0.05, 0) is 18.8 Å². The molecule has 1 aliphatic carbocycles. The van der Waals surface area contributed by atoms with Crippen LogP contribution in [0, 0.1) is 5.92 Å². The van der Waals surface area contributed by atoms with Gasteiger partial charge in [0.25, 0.3) is 0 Å². The first-order chi connectivity index (χ1) is 8.63. The average molecular weight is 257 g/mol. The molecule has 0 aromatic rings. The molecule has 0 aromatic heterocycles. The summed E-state index contributed by atoms with van der Waals surface area (Å²) in [4.78, 5) is 22.6. The molecule has 1 amide bonds. The van der Waals surface area contributed by atoms with Crippen LogP contribution >= 0.6 is 0 Å². The Morgan fingerprint density at radius 1 is 1.17 bits per heavy atom. The molecule has 5 nitrogen and oxygen atoms in total. The fourth-order valence-corrected chi connectivity index (χ4v) is 2.47. The van der Waals surface area contributed by atoms with Gasteiger partial charge in [0.15, 0.2) is 0 Å². The van der Waals surface area contributed by atoms with E-state index in [1.54, 1.807) is 0 Å². The van der Waals surface area contributed by atoms with Crippen molar-refractivity contribution in [3.8, 4) is 0 Å². The second kappa shape index (κ2) is 8.08. The second-order valence-electron chi connectivity index (χ2n) is 5.03. The van der Waals surface area contributed by atoms with E-state index >= 15 is 0 Å². The minimum atomic E-state index is -1.08. The zero-order chi connectivity index (χ0) is 13.4. The molecule has 0 unspecified atom stereocenters. The molecule has 0 radical (unpaired) electrons. The Bertz CT molecular complexity index is 272. The smallest absolute Gasteiger partial charge is 0.326 e. The number of carbonyl (C=O) groups excluding carboxylic acids is 1. The van der Waals surface area contributed by atoms with Crippen LogP contribution in [0.3, 0.4) is 0 Å². The second-order valence-corrected chi connectivity index (χ2v) is 5.03. The van der Waals surface area contributed by atoms with Crippen molar-refractivity contribution < 1.29 is 19.8 Å². The van der Waals surface area contributed by atoms with E-state index < -0.39 is 12.0 Å². The van der Waals surface area contributed by atoms with Crippen LogP contribution in [0.15, 0.2) is 0 Å². The third-order valence-electron chi connectivity index (χ3n) is 3.50. The molecule has 1 aliphatic rings. The fourth-order valence-electron chi connectivity index (χ4n) is 2.47. The van der Waals surface area contributed by atoms with Gasteiger partial charge in [0.1, 0.15) is 6.04 Å². The number of hydrogen-bond acceptors (Lipinski definition) is 3. The normalized spacial score (nSPS) is 18.9. The van der Waals surface area contributed by atoms with E-state index in [1.807, 2.05) is 0 Å². The Balaban J connectivity index is 2.36. The summed E-state index contributed by atoms with van der Waals surface area (Å²) < 4.78 is 0. The maximum absolute atomic E-state index is 11.8. The summed E-state index contributed by atoms with van der Waals surface area (Å²) in [5.74, 6) is -0.905. The summed E-state index contributed by atoms with van der Waals surface area (Å²) in [6.07, 6.45) is 7.39. The maximum Gasteiger partial charge on any atom is 0.326 e. The number of nitrogens with one attached hydrogen (secondary N) is 1. The van der Waals surface area contributed by atoms with Crippen molar-refractivity contribution in [2.24, 2.45) is 5.92 Å². The molecule has 1 saturated carbocycles. The monoisotopic (exact) mass is 257 g/mol. The van der Waals surface area contributed by atoms with Crippen molar-refractivity contribution in [1.29, 1.82) is 0 Å². The van der Waals surface area contributed by atoms with Crippen LogP contribution in [0.2, 0.25) is 0 Å². The molecule has 0 aromatic carbocycles. The Hall–Kier alpha value is -1.10. The van der Waals surface area contributed by atoms with Gasteiger partial charge in [-0.15, -0.1) is 0 Å². The molecular formula is C13H23NO4. The van der Waals surface area contributed by atoms with Gasteiger partial charge in [-0.1, -0.05) is 25.7 Å². The molecule has 0 saturated heterocycles. The van der Waals surface area contributed by atoms with Crippen LogP contribution in [0.4, 0.5) is 0 Å². The van der Waals surface area contributed by atoms with E-state index in [9.17, 15) is 9.59 Å². The number of aliphatic hydroxyl groups excluding tert-OH is 1. The minimum absolute atomic E-state index is 0.0613. The van der Waals surface area contributed by atoms with Gasteiger partial charge in [-0.3, -0.25) is 4.79 Å². The van der Waals surface area contributed by atoms with Gasteiger partial charge in [0.05, 0.1) is 0 Å². The SMILES string of the molecule is O=C(CC1CCCCCC1)N[C@@H](CCO)C(=O)O. The summed E-state index contributed by atoms with van der Waals surface area (Å²) in [7, 11) is 0. The third kappa shape index (κ3) is 5.49. The molecular weight excluding hydrogens is 234 g/mol. The van der Waals surface area contributed by atoms with Gasteiger partial charge < -0.3 is 15.5 Å². The fraction of sp³-hybridized carbons (Fsp3) is 0.846. The largest absolute Gasteiger partial charge is 0.480 e. The molecule has 1 rings (SSSR count). The molecule has 1 fully saturated rings. The number of carboxylic acids is 1. The third-order valence-corrected chi connectivity index (χ3v) is 3.50. The van der Waals surface area contributed by atoms with Gasteiger partial charge in [0.2, 0.25) is 5.91 Å². The number of rotatable bonds is 6. The molecule has 5 heteroatoms. The van der Waals surface area contributed by atoms with Crippen LogP contribution in [0.1, 0.15) is 51.4 Å². The molecule has 1 atom stereocenters. The standard InChI is InChI=1S/C13H23NO4/c15-8-7-11(13(17)18)14-12(16)9-10-5-3-1-2-4-6-10/h10-11,15H,1-9H2,(H,14,16)(H,17,18)/t11-/m0/s1. The van der Waals surface area contributed by atoms with Gasteiger partial charge in [0, 0.05) is 19.4 Å². The number of aliphatic hydroxyl groups is 1.